The molecule has 0 bridgehead atoms. The van der Waals surface area contributed by atoms with E-state index in [1.807, 2.05) is 66.7 Å². The van der Waals surface area contributed by atoms with Crippen LogP contribution in [0.3, 0.4) is 0 Å². The Kier molecular flexibility index (Phi) is 5.14. The van der Waals surface area contributed by atoms with Crippen molar-refractivity contribution in [2.24, 2.45) is 0 Å². The lowest BCUT2D eigenvalue weighted by Crippen LogP contribution is -2.27. The van der Waals surface area contributed by atoms with Crippen molar-refractivity contribution < 1.29 is 14.0 Å². The molecule has 0 aliphatic carbocycles. The maximum atomic E-state index is 12.9. The zero-order valence-electron chi connectivity index (χ0n) is 16.2. The smallest absolute Gasteiger partial charge is 0.293 e. The molecule has 1 fully saturated rings. The van der Waals surface area contributed by atoms with Gasteiger partial charge in [-0.3, -0.25) is 14.5 Å². The summed E-state index contributed by atoms with van der Waals surface area (Å²) >= 11 is 6.97. The molecule has 1 aliphatic rings. The number of imide groups is 1. The van der Waals surface area contributed by atoms with Gasteiger partial charge in [0.2, 0.25) is 0 Å². The molecule has 3 aromatic carbocycles. The minimum Gasteiger partial charge on any atom is -0.457 e. The van der Waals surface area contributed by atoms with E-state index in [-0.39, 0.29) is 17.7 Å². The second-order valence-electron chi connectivity index (χ2n) is 7.16. The van der Waals surface area contributed by atoms with Gasteiger partial charge in [-0.25, -0.2) is 0 Å². The van der Waals surface area contributed by atoms with Crippen molar-refractivity contribution >= 4 is 51.4 Å². The first-order valence-corrected chi connectivity index (χ1v) is 10.8. The lowest BCUT2D eigenvalue weighted by Gasteiger charge is -2.13. The van der Waals surface area contributed by atoms with Crippen molar-refractivity contribution in [3.8, 4) is 11.3 Å². The zero-order valence-corrected chi connectivity index (χ0v) is 17.8. The van der Waals surface area contributed by atoms with Crippen LogP contribution < -0.4 is 0 Å². The lowest BCUT2D eigenvalue weighted by molar-refractivity contribution is -0.123. The third kappa shape index (κ3) is 4.02. The van der Waals surface area contributed by atoms with Gasteiger partial charge in [-0.05, 0) is 58.4 Å². The number of benzene rings is 3. The molecule has 4 nitrogen and oxygen atoms in total. The molecule has 0 radical (unpaired) electrons. The first-order valence-electron chi connectivity index (χ1n) is 9.66. The normalized spacial score (nSPS) is 15.4. The molecule has 1 aromatic heterocycles. The molecule has 0 unspecified atom stereocenters. The predicted molar refractivity (Wildman–Crippen MR) is 125 cm³/mol. The number of carbonyl (C=O) groups excluding carboxylic acids is 2. The lowest BCUT2D eigenvalue weighted by atomic mass is 10.1. The molecule has 0 spiro atoms. The van der Waals surface area contributed by atoms with Crippen LogP contribution in [0.15, 0.2) is 88.2 Å². The Balaban J connectivity index is 1.36. The Labute approximate surface area is 188 Å². The van der Waals surface area contributed by atoms with Gasteiger partial charge in [0, 0.05) is 16.7 Å². The second kappa shape index (κ2) is 8.10. The van der Waals surface area contributed by atoms with Gasteiger partial charge in [0.1, 0.15) is 11.5 Å². The average Bonchev–Trinajstić information content (AvgIpc) is 3.34. The number of fused-ring (bicyclic) bond motifs is 1. The minimum atomic E-state index is -0.316. The molecule has 31 heavy (non-hydrogen) atoms. The number of thioether (sulfide) groups is 1. The van der Waals surface area contributed by atoms with Crippen LogP contribution in [0.4, 0.5) is 4.79 Å². The van der Waals surface area contributed by atoms with E-state index in [1.54, 1.807) is 18.2 Å². The molecule has 5 rings (SSSR count). The molecule has 0 N–H and O–H groups in total. The molecule has 0 saturated carbocycles. The molecular formula is C25H16ClNO3S. The van der Waals surface area contributed by atoms with Crippen molar-refractivity contribution in [1.29, 1.82) is 0 Å². The molecule has 4 aromatic rings. The van der Waals surface area contributed by atoms with Gasteiger partial charge in [-0.2, -0.15) is 0 Å². The van der Waals surface area contributed by atoms with Crippen LogP contribution in [0.1, 0.15) is 11.3 Å². The molecule has 0 atom stereocenters. The van der Waals surface area contributed by atoms with Crippen molar-refractivity contribution in [1.82, 2.24) is 4.90 Å². The molecule has 1 aliphatic heterocycles. The first-order chi connectivity index (χ1) is 15.1. The number of hydrogen-bond acceptors (Lipinski definition) is 4. The van der Waals surface area contributed by atoms with Crippen LogP contribution in [0.5, 0.6) is 0 Å². The highest BCUT2D eigenvalue weighted by atomic mass is 35.5. The highest BCUT2D eigenvalue weighted by Gasteiger charge is 2.35. The number of nitrogens with zero attached hydrogens (tertiary/aromatic N) is 1. The number of amides is 2. The Morgan fingerprint density at radius 1 is 0.903 bits per heavy atom. The Hall–Kier alpha value is -3.28. The van der Waals surface area contributed by atoms with Crippen molar-refractivity contribution in [2.75, 3.05) is 0 Å². The van der Waals surface area contributed by atoms with E-state index in [0.717, 1.165) is 33.7 Å². The summed E-state index contributed by atoms with van der Waals surface area (Å²) < 4.78 is 5.84. The van der Waals surface area contributed by atoms with Crippen molar-refractivity contribution in [3.63, 3.8) is 0 Å². The average molecular weight is 446 g/mol. The summed E-state index contributed by atoms with van der Waals surface area (Å²) in [4.78, 5) is 27.0. The van der Waals surface area contributed by atoms with Crippen LogP contribution in [0, 0.1) is 0 Å². The zero-order chi connectivity index (χ0) is 21.4. The highest BCUT2D eigenvalue weighted by molar-refractivity contribution is 8.18. The number of furan rings is 1. The van der Waals surface area contributed by atoms with Gasteiger partial charge in [0.05, 0.1) is 11.4 Å². The largest absolute Gasteiger partial charge is 0.457 e. The third-order valence-corrected chi connectivity index (χ3v) is 6.18. The van der Waals surface area contributed by atoms with E-state index in [2.05, 4.69) is 0 Å². The van der Waals surface area contributed by atoms with E-state index in [0.29, 0.717) is 21.4 Å². The van der Waals surface area contributed by atoms with Gasteiger partial charge in [0.15, 0.2) is 0 Å². The van der Waals surface area contributed by atoms with E-state index in [4.69, 9.17) is 16.0 Å². The standard InChI is InChI=1S/C25H16ClNO3S/c26-20-7-3-6-19(13-20)22-11-10-21(30-22)14-23-24(28)27(25(29)31-23)15-16-8-9-17-4-1-2-5-18(17)12-16/h1-14H,15H2/b23-14-. The van der Waals surface area contributed by atoms with E-state index < -0.39 is 0 Å². The maximum absolute atomic E-state index is 12.9. The number of hydrogen-bond donors (Lipinski definition) is 0. The van der Waals surface area contributed by atoms with Crippen LogP contribution in [0.2, 0.25) is 5.02 Å². The van der Waals surface area contributed by atoms with Gasteiger partial charge in [-0.15, -0.1) is 0 Å². The van der Waals surface area contributed by atoms with Crippen molar-refractivity contribution in [2.45, 2.75) is 6.54 Å². The molecule has 2 amide bonds. The Bertz CT molecular complexity index is 1360. The number of carbonyl (C=O) groups is 2. The summed E-state index contributed by atoms with van der Waals surface area (Å²) in [5.41, 5.74) is 1.75. The fraction of sp³-hybridized carbons (Fsp3) is 0.0400. The summed E-state index contributed by atoms with van der Waals surface area (Å²) in [5.74, 6) is 0.833. The number of rotatable bonds is 4. The summed E-state index contributed by atoms with van der Waals surface area (Å²) in [5, 5.41) is 2.52. The quantitative estimate of drug-likeness (QED) is 0.317. The highest BCUT2D eigenvalue weighted by Crippen LogP contribution is 2.34. The summed E-state index contributed by atoms with van der Waals surface area (Å²) in [6, 6.07) is 24.9. The molecule has 1 saturated heterocycles. The monoisotopic (exact) mass is 445 g/mol. The van der Waals surface area contributed by atoms with Crippen LogP contribution >= 0.6 is 23.4 Å². The predicted octanol–water partition coefficient (Wildman–Crippen LogP) is 6.99. The Morgan fingerprint density at radius 2 is 1.74 bits per heavy atom. The Morgan fingerprint density at radius 3 is 2.58 bits per heavy atom. The van der Waals surface area contributed by atoms with Crippen molar-refractivity contribution in [3.05, 3.63) is 100 Å². The van der Waals surface area contributed by atoms with Gasteiger partial charge >= 0.3 is 0 Å². The molecule has 152 valence electrons. The molecule has 2 heterocycles. The van der Waals surface area contributed by atoms with Crippen LogP contribution in [0.25, 0.3) is 28.2 Å². The van der Waals surface area contributed by atoms with Crippen LogP contribution in [-0.4, -0.2) is 16.0 Å². The molecular weight excluding hydrogens is 430 g/mol. The first kappa shape index (κ1) is 19.7. The topological polar surface area (TPSA) is 50.5 Å². The van der Waals surface area contributed by atoms with E-state index in [1.165, 1.54) is 4.90 Å². The van der Waals surface area contributed by atoms with E-state index >= 15 is 0 Å². The fourth-order valence-electron chi connectivity index (χ4n) is 3.51. The van der Waals surface area contributed by atoms with Gasteiger partial charge < -0.3 is 4.42 Å². The summed E-state index contributed by atoms with van der Waals surface area (Å²) in [6.07, 6.45) is 1.61. The maximum Gasteiger partial charge on any atom is 0.293 e. The minimum absolute atomic E-state index is 0.235. The SMILES string of the molecule is O=C1S/C(=C\c2ccc(-c3cccc(Cl)c3)o2)C(=O)N1Cc1ccc2ccccc2c1. The summed E-state index contributed by atoms with van der Waals surface area (Å²) in [6.45, 7) is 0.235. The fourth-order valence-corrected chi connectivity index (χ4v) is 4.52. The molecule has 6 heteroatoms. The summed E-state index contributed by atoms with van der Waals surface area (Å²) in [7, 11) is 0. The number of halogens is 1. The van der Waals surface area contributed by atoms with Gasteiger partial charge in [-0.1, -0.05) is 60.1 Å². The third-order valence-electron chi connectivity index (χ3n) is 5.04. The van der Waals surface area contributed by atoms with Gasteiger partial charge in [0.25, 0.3) is 11.1 Å². The van der Waals surface area contributed by atoms with E-state index in [9.17, 15) is 9.59 Å². The second-order valence-corrected chi connectivity index (χ2v) is 8.59. The van der Waals surface area contributed by atoms with Crippen LogP contribution in [-0.2, 0) is 11.3 Å².